The van der Waals surface area contributed by atoms with Crippen LogP contribution in [-0.4, -0.2) is 58.2 Å². The number of anilines is 1. The number of aryl methyl sites for hydroxylation is 2. The van der Waals surface area contributed by atoms with Gasteiger partial charge in [-0.05, 0) is 64.3 Å². The molecule has 2 aliphatic heterocycles. The van der Waals surface area contributed by atoms with E-state index in [1.807, 2.05) is 13.0 Å². The highest BCUT2D eigenvalue weighted by Crippen LogP contribution is 2.45. The van der Waals surface area contributed by atoms with Crippen molar-refractivity contribution in [2.24, 2.45) is 0 Å². The topological polar surface area (TPSA) is 121 Å². The molecule has 1 spiro atoms. The van der Waals surface area contributed by atoms with Gasteiger partial charge < -0.3 is 15.0 Å². The summed E-state index contributed by atoms with van der Waals surface area (Å²) in [5, 5.41) is 2.70. The van der Waals surface area contributed by atoms with Crippen LogP contribution in [-0.2, 0) is 14.6 Å². The van der Waals surface area contributed by atoms with Crippen LogP contribution in [0.15, 0.2) is 41.6 Å². The van der Waals surface area contributed by atoms with Crippen molar-refractivity contribution in [1.82, 2.24) is 14.9 Å². The van der Waals surface area contributed by atoms with Gasteiger partial charge in [0.2, 0.25) is 0 Å². The van der Waals surface area contributed by atoms with Gasteiger partial charge in [-0.15, -0.1) is 0 Å². The van der Waals surface area contributed by atoms with E-state index in [1.54, 1.807) is 58.3 Å². The third-order valence-corrected chi connectivity index (χ3v) is 9.10. The molecule has 0 bridgehead atoms. The van der Waals surface area contributed by atoms with Crippen molar-refractivity contribution < 1.29 is 22.7 Å². The first-order valence-electron chi connectivity index (χ1n) is 11.9. The van der Waals surface area contributed by atoms with Crippen LogP contribution in [0.2, 0.25) is 0 Å². The number of ether oxygens (including phenoxy) is 1. The number of carbonyl (C=O) groups excluding carboxylic acids is 2. The van der Waals surface area contributed by atoms with Gasteiger partial charge in [0, 0.05) is 24.5 Å². The molecular weight excluding hydrogens is 480 g/mol. The maximum Gasteiger partial charge on any atom is 0.411 e. The van der Waals surface area contributed by atoms with Crippen molar-refractivity contribution >= 4 is 38.4 Å². The van der Waals surface area contributed by atoms with Crippen molar-refractivity contribution in [2.45, 2.75) is 68.9 Å². The molecule has 9 nitrogen and oxygen atoms in total. The number of sulfone groups is 1. The predicted octanol–water partition coefficient (Wildman–Crippen LogP) is 4.36. The molecule has 2 aliphatic rings. The number of aromatic nitrogens is 2. The normalized spacial score (nSPS) is 22.1. The summed E-state index contributed by atoms with van der Waals surface area (Å²) >= 11 is 0. The van der Waals surface area contributed by atoms with Crippen LogP contribution in [0.4, 0.5) is 10.5 Å². The fourth-order valence-electron chi connectivity index (χ4n) is 5.15. The molecular formula is C26H30N4O5S. The average molecular weight is 511 g/mol. The van der Waals surface area contributed by atoms with Gasteiger partial charge in [-0.3, -0.25) is 9.69 Å². The Labute approximate surface area is 210 Å². The van der Waals surface area contributed by atoms with Crippen molar-refractivity contribution in [2.75, 3.05) is 11.9 Å². The molecule has 0 saturated carbocycles. The Hall–Kier alpha value is -3.40. The second kappa shape index (κ2) is 8.06. The number of nitrogens with zero attached hydrogens (tertiary/aromatic N) is 2. The molecule has 1 saturated heterocycles. The summed E-state index contributed by atoms with van der Waals surface area (Å²) in [6, 6.07) is 7.00. The quantitative estimate of drug-likeness (QED) is 0.525. The van der Waals surface area contributed by atoms with Crippen LogP contribution in [0.1, 0.15) is 55.1 Å². The first-order valence-corrected chi connectivity index (χ1v) is 13.5. The molecule has 36 heavy (non-hydrogen) atoms. The number of Topliss-reactive ketones (excluding diaryl/α,β-unsaturated/α-hetero) is 1. The zero-order chi connectivity index (χ0) is 26.0. The molecule has 2 atom stereocenters. The van der Waals surface area contributed by atoms with E-state index in [4.69, 9.17) is 4.74 Å². The number of H-pyrrole nitrogens is 1. The van der Waals surface area contributed by atoms with Crippen LogP contribution >= 0.6 is 0 Å². The number of likely N-dealkylation sites (tertiary alicyclic amines) is 1. The lowest BCUT2D eigenvalue weighted by molar-refractivity contribution is 0.0133. The Bertz CT molecular complexity index is 1500. The number of aromatic amines is 1. The maximum absolute atomic E-state index is 14.1. The molecule has 5 rings (SSSR count). The van der Waals surface area contributed by atoms with Crippen molar-refractivity contribution in [3.8, 4) is 0 Å². The van der Waals surface area contributed by atoms with Gasteiger partial charge in [0.15, 0.2) is 15.6 Å². The molecule has 2 N–H and O–H groups in total. The number of benzene rings is 1. The number of hydrogen-bond donors (Lipinski definition) is 2. The second-order valence-electron chi connectivity index (χ2n) is 10.7. The molecule has 2 unspecified atom stereocenters. The number of carbonyl (C=O) groups is 2. The van der Waals surface area contributed by atoms with Crippen LogP contribution in [0.3, 0.4) is 0 Å². The summed E-state index contributed by atoms with van der Waals surface area (Å²) in [7, 11) is -4.06. The Morgan fingerprint density at radius 2 is 1.97 bits per heavy atom. The van der Waals surface area contributed by atoms with Gasteiger partial charge in [0.1, 0.15) is 22.2 Å². The van der Waals surface area contributed by atoms with E-state index < -0.39 is 32.4 Å². The number of fused-ring (bicyclic) bond motifs is 3. The van der Waals surface area contributed by atoms with Crippen LogP contribution in [0, 0.1) is 13.8 Å². The van der Waals surface area contributed by atoms with E-state index in [2.05, 4.69) is 15.3 Å². The predicted molar refractivity (Wildman–Crippen MR) is 136 cm³/mol. The SMILES string of the molecule is Cc1ccc(C)c(S(=O)(=O)C2CC3(CCN2C(=O)OC(C)(C)C)Nc2cnc4[nH]ccc4c2C3=O)c1. The number of nitrogens with one attached hydrogen (secondary N) is 2. The van der Waals surface area contributed by atoms with Gasteiger partial charge in [-0.2, -0.15) is 0 Å². The molecule has 3 aromatic rings. The van der Waals surface area contributed by atoms with Gasteiger partial charge >= 0.3 is 6.09 Å². The lowest BCUT2D eigenvalue weighted by Crippen LogP contribution is -2.60. The summed E-state index contributed by atoms with van der Waals surface area (Å²) in [4.78, 5) is 35.9. The Morgan fingerprint density at radius 3 is 2.69 bits per heavy atom. The molecule has 4 heterocycles. The Morgan fingerprint density at radius 1 is 1.22 bits per heavy atom. The summed E-state index contributed by atoms with van der Waals surface area (Å²) < 4.78 is 33.8. The Balaban J connectivity index is 1.59. The summed E-state index contributed by atoms with van der Waals surface area (Å²) in [6.45, 7) is 8.79. The monoisotopic (exact) mass is 510 g/mol. The number of ketones is 1. The second-order valence-corrected chi connectivity index (χ2v) is 12.8. The fourth-order valence-corrected chi connectivity index (χ4v) is 7.34. The van der Waals surface area contributed by atoms with E-state index in [0.29, 0.717) is 27.8 Å². The van der Waals surface area contributed by atoms with Gasteiger partial charge in [-0.25, -0.2) is 18.2 Å². The highest BCUT2D eigenvalue weighted by molar-refractivity contribution is 7.92. The minimum Gasteiger partial charge on any atom is -0.444 e. The van der Waals surface area contributed by atoms with Crippen LogP contribution in [0.25, 0.3) is 11.0 Å². The molecule has 190 valence electrons. The number of amides is 1. The van der Waals surface area contributed by atoms with Gasteiger partial charge in [0.05, 0.1) is 22.3 Å². The largest absolute Gasteiger partial charge is 0.444 e. The minimum atomic E-state index is -4.06. The molecule has 0 aliphatic carbocycles. The summed E-state index contributed by atoms with van der Waals surface area (Å²) in [5.74, 6) is -0.186. The first-order chi connectivity index (χ1) is 16.8. The first kappa shape index (κ1) is 24.3. The maximum atomic E-state index is 14.1. The van der Waals surface area contributed by atoms with Gasteiger partial charge in [0.25, 0.3) is 0 Å². The number of pyridine rings is 1. The molecule has 1 fully saturated rings. The smallest absolute Gasteiger partial charge is 0.411 e. The standard InChI is InChI=1S/C26H30N4O5S/c1-15-6-7-16(2)19(12-15)36(33,34)20-13-26(9-11-30(20)24(32)35-25(3,4)5)22(31)21-17-8-10-27-23(17)28-14-18(21)29-26/h6-8,10,12,14,20,29H,9,11,13H2,1-5H3,(H,27,28). The lowest BCUT2D eigenvalue weighted by Gasteiger charge is -2.43. The summed E-state index contributed by atoms with van der Waals surface area (Å²) in [5.41, 5.74) is 1.04. The molecule has 1 aromatic carbocycles. The van der Waals surface area contributed by atoms with Crippen molar-refractivity contribution in [3.63, 3.8) is 0 Å². The average Bonchev–Trinajstić information content (AvgIpc) is 3.37. The van der Waals surface area contributed by atoms with Crippen LogP contribution < -0.4 is 5.32 Å². The van der Waals surface area contributed by atoms with E-state index >= 15 is 0 Å². The van der Waals surface area contributed by atoms with E-state index in [0.717, 1.165) is 5.56 Å². The highest BCUT2D eigenvalue weighted by atomic mass is 32.2. The van der Waals surface area contributed by atoms with Crippen molar-refractivity contribution in [3.05, 3.63) is 53.3 Å². The minimum absolute atomic E-state index is 0.0418. The van der Waals surface area contributed by atoms with E-state index in [1.165, 1.54) is 4.90 Å². The number of piperidine rings is 1. The third-order valence-electron chi connectivity index (χ3n) is 6.91. The lowest BCUT2D eigenvalue weighted by atomic mass is 9.83. The molecule has 10 heteroatoms. The number of rotatable bonds is 2. The fraction of sp³-hybridized carbons (Fsp3) is 0.423. The van der Waals surface area contributed by atoms with E-state index in [-0.39, 0.29) is 30.1 Å². The van der Waals surface area contributed by atoms with E-state index in [9.17, 15) is 18.0 Å². The number of hydrogen-bond acceptors (Lipinski definition) is 7. The van der Waals surface area contributed by atoms with Crippen LogP contribution in [0.5, 0.6) is 0 Å². The third kappa shape index (κ3) is 3.84. The molecule has 1 amide bonds. The van der Waals surface area contributed by atoms with Crippen molar-refractivity contribution in [1.29, 1.82) is 0 Å². The molecule has 2 aromatic heterocycles. The van der Waals surface area contributed by atoms with Gasteiger partial charge in [-0.1, -0.05) is 12.1 Å². The summed E-state index contributed by atoms with van der Waals surface area (Å²) in [6.07, 6.45) is 2.73. The molecule has 0 radical (unpaired) electrons. The highest BCUT2D eigenvalue weighted by Gasteiger charge is 2.55. The Kier molecular flexibility index (Phi) is 5.44. The zero-order valence-corrected chi connectivity index (χ0v) is 21.8. The zero-order valence-electron chi connectivity index (χ0n) is 21.0.